The first-order valence-electron chi connectivity index (χ1n) is 5.04. The van der Waals surface area contributed by atoms with E-state index in [1.165, 1.54) is 7.11 Å². The molecule has 0 unspecified atom stereocenters. The molecule has 2 rings (SSSR count). The minimum Gasteiger partial charge on any atom is -0.375 e. The molecule has 6 nitrogen and oxygen atoms in total. The van der Waals surface area contributed by atoms with Gasteiger partial charge in [-0.1, -0.05) is 0 Å². The van der Waals surface area contributed by atoms with Gasteiger partial charge in [-0.15, -0.1) is 0 Å². The second kappa shape index (κ2) is 5.22. The second-order valence-electron chi connectivity index (χ2n) is 3.34. The Bertz CT molecular complexity index is 479. The van der Waals surface area contributed by atoms with Crippen molar-refractivity contribution in [1.29, 1.82) is 0 Å². The molecule has 0 aliphatic rings. The number of carbonyl (C=O) groups excluding carboxylic acids is 1. The molecular weight excluding hydrogens is 220 g/mol. The summed E-state index contributed by atoms with van der Waals surface area (Å²) in [5, 5.41) is 6.71. The van der Waals surface area contributed by atoms with Crippen molar-refractivity contribution in [1.82, 2.24) is 14.8 Å². The van der Waals surface area contributed by atoms with Gasteiger partial charge in [0.1, 0.15) is 6.61 Å². The van der Waals surface area contributed by atoms with Crippen LogP contribution in [-0.2, 0) is 9.53 Å². The van der Waals surface area contributed by atoms with Crippen molar-refractivity contribution >= 4 is 11.6 Å². The van der Waals surface area contributed by atoms with Crippen LogP contribution in [0.2, 0.25) is 0 Å². The molecule has 17 heavy (non-hydrogen) atoms. The summed E-state index contributed by atoms with van der Waals surface area (Å²) in [7, 11) is 1.47. The predicted molar refractivity (Wildman–Crippen MR) is 61.9 cm³/mol. The number of rotatable bonds is 4. The van der Waals surface area contributed by atoms with Gasteiger partial charge in [-0.2, -0.15) is 5.10 Å². The molecular formula is C11H12N4O2. The number of hydrogen-bond acceptors (Lipinski definition) is 4. The Morgan fingerprint density at radius 1 is 1.53 bits per heavy atom. The van der Waals surface area contributed by atoms with Crippen molar-refractivity contribution in [3.8, 4) is 5.82 Å². The zero-order valence-corrected chi connectivity index (χ0v) is 9.33. The van der Waals surface area contributed by atoms with Gasteiger partial charge in [0.25, 0.3) is 0 Å². The largest absolute Gasteiger partial charge is 0.375 e. The van der Waals surface area contributed by atoms with Crippen LogP contribution in [0, 0.1) is 0 Å². The fraction of sp³-hybridized carbons (Fsp3) is 0.182. The number of hydrogen-bond donors (Lipinski definition) is 1. The maximum atomic E-state index is 11.2. The molecule has 6 heteroatoms. The van der Waals surface area contributed by atoms with Gasteiger partial charge in [-0.3, -0.25) is 4.79 Å². The molecule has 0 saturated carbocycles. The minimum absolute atomic E-state index is 0.0287. The Labute approximate surface area is 98.2 Å². The highest BCUT2D eigenvalue weighted by atomic mass is 16.5. The Morgan fingerprint density at radius 3 is 3.00 bits per heavy atom. The number of carbonyl (C=O) groups is 1. The summed E-state index contributed by atoms with van der Waals surface area (Å²) in [6, 6.07) is 5.35. The van der Waals surface area contributed by atoms with Crippen LogP contribution >= 0.6 is 0 Å². The summed E-state index contributed by atoms with van der Waals surface area (Å²) >= 11 is 0. The number of amides is 1. The lowest BCUT2D eigenvalue weighted by Gasteiger charge is -2.05. The van der Waals surface area contributed by atoms with Gasteiger partial charge in [0, 0.05) is 19.5 Å². The highest BCUT2D eigenvalue weighted by molar-refractivity contribution is 5.91. The van der Waals surface area contributed by atoms with Crippen molar-refractivity contribution < 1.29 is 9.53 Å². The third-order valence-electron chi connectivity index (χ3n) is 2.05. The van der Waals surface area contributed by atoms with Crippen molar-refractivity contribution in [3.05, 3.63) is 36.8 Å². The van der Waals surface area contributed by atoms with Crippen molar-refractivity contribution in [2.45, 2.75) is 0 Å². The van der Waals surface area contributed by atoms with E-state index < -0.39 is 0 Å². The molecule has 0 fully saturated rings. The van der Waals surface area contributed by atoms with E-state index >= 15 is 0 Å². The molecule has 0 radical (unpaired) electrons. The molecule has 0 bridgehead atoms. The fourth-order valence-electron chi connectivity index (χ4n) is 1.33. The molecule has 0 atom stereocenters. The van der Waals surface area contributed by atoms with E-state index in [4.69, 9.17) is 4.74 Å². The molecule has 2 heterocycles. The lowest BCUT2D eigenvalue weighted by molar-refractivity contribution is -0.119. The van der Waals surface area contributed by atoms with Crippen LogP contribution in [0.3, 0.4) is 0 Å². The van der Waals surface area contributed by atoms with Gasteiger partial charge in [0.15, 0.2) is 5.82 Å². The minimum atomic E-state index is -0.207. The molecule has 1 amide bonds. The zero-order valence-electron chi connectivity index (χ0n) is 9.33. The van der Waals surface area contributed by atoms with Crippen molar-refractivity contribution in [2.75, 3.05) is 19.0 Å². The maximum Gasteiger partial charge on any atom is 0.250 e. The number of ether oxygens (including phenoxy) is 1. The molecule has 1 N–H and O–H groups in total. The summed E-state index contributed by atoms with van der Waals surface area (Å²) in [5.41, 5.74) is 0.628. The normalized spacial score (nSPS) is 10.2. The Morgan fingerprint density at radius 2 is 2.41 bits per heavy atom. The van der Waals surface area contributed by atoms with Crippen LogP contribution in [-0.4, -0.2) is 34.4 Å². The number of anilines is 1. The molecule has 2 aromatic rings. The third kappa shape index (κ3) is 2.88. The van der Waals surface area contributed by atoms with E-state index in [0.29, 0.717) is 11.5 Å². The summed E-state index contributed by atoms with van der Waals surface area (Å²) in [6.45, 7) is 0.0287. The SMILES string of the molecule is COCC(=O)Nc1ccc(-n2cccn2)nc1. The average molecular weight is 232 g/mol. The smallest absolute Gasteiger partial charge is 0.250 e. The highest BCUT2D eigenvalue weighted by Gasteiger charge is 2.02. The maximum absolute atomic E-state index is 11.2. The van der Waals surface area contributed by atoms with E-state index in [9.17, 15) is 4.79 Å². The molecule has 2 aromatic heterocycles. The quantitative estimate of drug-likeness (QED) is 0.848. The summed E-state index contributed by atoms with van der Waals surface area (Å²) in [5.74, 6) is 0.487. The Kier molecular flexibility index (Phi) is 3.46. The summed E-state index contributed by atoms with van der Waals surface area (Å²) in [4.78, 5) is 15.4. The monoisotopic (exact) mass is 232 g/mol. The van der Waals surface area contributed by atoms with E-state index in [1.54, 1.807) is 35.4 Å². The number of aromatic nitrogens is 3. The van der Waals surface area contributed by atoms with Crippen LogP contribution in [0.4, 0.5) is 5.69 Å². The molecule has 0 spiro atoms. The first kappa shape index (κ1) is 11.3. The Balaban J connectivity index is 2.06. The van der Waals surface area contributed by atoms with Crippen LogP contribution < -0.4 is 5.32 Å². The summed E-state index contributed by atoms with van der Waals surface area (Å²) in [6.07, 6.45) is 5.05. The lowest BCUT2D eigenvalue weighted by Crippen LogP contribution is -2.17. The van der Waals surface area contributed by atoms with E-state index in [0.717, 1.165) is 0 Å². The average Bonchev–Trinajstić information content (AvgIpc) is 2.84. The van der Waals surface area contributed by atoms with Crippen molar-refractivity contribution in [3.63, 3.8) is 0 Å². The van der Waals surface area contributed by atoms with Crippen LogP contribution in [0.5, 0.6) is 0 Å². The van der Waals surface area contributed by atoms with Crippen LogP contribution in [0.1, 0.15) is 0 Å². The fourth-order valence-corrected chi connectivity index (χ4v) is 1.33. The van der Waals surface area contributed by atoms with Gasteiger partial charge in [0.2, 0.25) is 5.91 Å². The molecule has 0 aromatic carbocycles. The predicted octanol–water partition coefficient (Wildman–Crippen LogP) is 0.852. The van der Waals surface area contributed by atoms with E-state index in [-0.39, 0.29) is 12.5 Å². The standard InChI is InChI=1S/C11H12N4O2/c1-17-8-11(16)14-9-3-4-10(12-7-9)15-6-2-5-13-15/h2-7H,8H2,1H3,(H,14,16). The second-order valence-corrected chi connectivity index (χ2v) is 3.34. The van der Waals surface area contributed by atoms with Crippen molar-refractivity contribution in [2.24, 2.45) is 0 Å². The summed E-state index contributed by atoms with van der Waals surface area (Å²) < 4.78 is 6.35. The van der Waals surface area contributed by atoms with E-state index in [1.807, 2.05) is 6.07 Å². The first-order chi connectivity index (χ1) is 8.29. The number of pyridine rings is 1. The van der Waals surface area contributed by atoms with E-state index in [2.05, 4.69) is 15.4 Å². The third-order valence-corrected chi connectivity index (χ3v) is 2.05. The van der Waals surface area contributed by atoms with Crippen LogP contribution in [0.15, 0.2) is 36.8 Å². The molecule has 0 saturated heterocycles. The van der Waals surface area contributed by atoms with Gasteiger partial charge >= 0.3 is 0 Å². The lowest BCUT2D eigenvalue weighted by atomic mass is 10.4. The van der Waals surface area contributed by atoms with Gasteiger partial charge < -0.3 is 10.1 Å². The van der Waals surface area contributed by atoms with Gasteiger partial charge in [-0.05, 0) is 18.2 Å². The topological polar surface area (TPSA) is 69.0 Å². The first-order valence-corrected chi connectivity index (χ1v) is 5.04. The zero-order chi connectivity index (χ0) is 12.1. The number of methoxy groups -OCH3 is 1. The van der Waals surface area contributed by atoms with Crippen LogP contribution in [0.25, 0.3) is 5.82 Å². The number of nitrogens with zero attached hydrogens (tertiary/aromatic N) is 3. The molecule has 0 aliphatic heterocycles. The number of nitrogens with one attached hydrogen (secondary N) is 1. The Hall–Kier alpha value is -2.21. The van der Waals surface area contributed by atoms with Gasteiger partial charge in [-0.25, -0.2) is 9.67 Å². The molecule has 0 aliphatic carbocycles. The van der Waals surface area contributed by atoms with Gasteiger partial charge in [0.05, 0.1) is 11.9 Å². The highest BCUT2D eigenvalue weighted by Crippen LogP contribution is 2.08. The molecule has 88 valence electrons.